The largest absolute Gasteiger partial charge is 0.497 e. The maximum Gasteiger partial charge on any atom is 0.291 e. The summed E-state index contributed by atoms with van der Waals surface area (Å²) in [4.78, 5) is 26.4. The number of fused-ring (bicyclic) bond motifs is 3. The highest BCUT2D eigenvalue weighted by molar-refractivity contribution is 7.19. The summed E-state index contributed by atoms with van der Waals surface area (Å²) in [5.41, 5.74) is 2.16. The van der Waals surface area contributed by atoms with Crippen molar-refractivity contribution in [3.8, 4) is 5.75 Å². The molecule has 0 atom stereocenters. The van der Waals surface area contributed by atoms with Crippen molar-refractivity contribution >= 4 is 33.0 Å². The summed E-state index contributed by atoms with van der Waals surface area (Å²) >= 11 is 1.64. The summed E-state index contributed by atoms with van der Waals surface area (Å²) < 4.78 is 9.30. The number of ether oxygens (including phenoxy) is 1. The van der Waals surface area contributed by atoms with Crippen LogP contribution in [-0.2, 0) is 17.9 Å². The molecule has 1 amide bonds. The summed E-state index contributed by atoms with van der Waals surface area (Å²) in [6.07, 6.45) is 0. The van der Waals surface area contributed by atoms with Crippen LogP contribution < -0.4 is 15.6 Å². The molecule has 144 valence electrons. The standard InChI is InChI=1S/C20H20N4O3S/c1-12-7-16-18(28-12)9-17-20(26)23(22-13(2)24(16)17)11-19(25)21-10-14-5-4-6-15(8-14)27-3/h4-9H,10-11H2,1-3H3,(H,21,25). The lowest BCUT2D eigenvalue weighted by Gasteiger charge is -2.10. The van der Waals surface area contributed by atoms with E-state index < -0.39 is 0 Å². The zero-order valence-corrected chi connectivity index (χ0v) is 16.7. The Labute approximate surface area is 165 Å². The van der Waals surface area contributed by atoms with E-state index >= 15 is 0 Å². The Morgan fingerprint density at radius 2 is 2.04 bits per heavy atom. The lowest BCUT2D eigenvalue weighted by Crippen LogP contribution is -2.34. The average Bonchev–Trinajstić information content (AvgIpc) is 3.20. The third-order valence-electron chi connectivity index (χ3n) is 4.57. The Hall–Kier alpha value is -3.13. The van der Waals surface area contributed by atoms with Gasteiger partial charge in [0.15, 0.2) is 0 Å². The maximum atomic E-state index is 12.8. The molecule has 28 heavy (non-hydrogen) atoms. The van der Waals surface area contributed by atoms with Gasteiger partial charge in [0.2, 0.25) is 5.91 Å². The number of aryl methyl sites for hydroxylation is 2. The Kier molecular flexibility index (Phi) is 4.64. The van der Waals surface area contributed by atoms with Gasteiger partial charge >= 0.3 is 0 Å². The maximum absolute atomic E-state index is 12.8. The van der Waals surface area contributed by atoms with Crippen LogP contribution in [0.1, 0.15) is 16.3 Å². The fourth-order valence-electron chi connectivity index (χ4n) is 3.30. The second-order valence-corrected chi connectivity index (χ2v) is 7.90. The Bertz CT molecular complexity index is 1250. The minimum absolute atomic E-state index is 0.127. The van der Waals surface area contributed by atoms with E-state index in [1.807, 2.05) is 54.6 Å². The number of hydrogen-bond acceptors (Lipinski definition) is 5. The fraction of sp³-hybridized carbons (Fsp3) is 0.250. The predicted octanol–water partition coefficient (Wildman–Crippen LogP) is 2.65. The van der Waals surface area contributed by atoms with Crippen LogP contribution >= 0.6 is 11.3 Å². The van der Waals surface area contributed by atoms with Gasteiger partial charge in [-0.2, -0.15) is 5.10 Å². The summed E-state index contributed by atoms with van der Waals surface area (Å²) in [5.74, 6) is 1.13. The highest BCUT2D eigenvalue weighted by Crippen LogP contribution is 2.27. The molecule has 0 unspecified atom stereocenters. The van der Waals surface area contributed by atoms with Gasteiger partial charge in [0, 0.05) is 11.4 Å². The molecule has 0 spiro atoms. The molecule has 4 aromatic rings. The lowest BCUT2D eigenvalue weighted by molar-refractivity contribution is -0.122. The van der Waals surface area contributed by atoms with E-state index in [0.717, 1.165) is 21.5 Å². The van der Waals surface area contributed by atoms with Crippen LogP contribution in [0.3, 0.4) is 0 Å². The van der Waals surface area contributed by atoms with Crippen molar-refractivity contribution in [3.63, 3.8) is 0 Å². The molecule has 0 aliphatic heterocycles. The van der Waals surface area contributed by atoms with Crippen molar-refractivity contribution in [3.05, 3.63) is 63.0 Å². The van der Waals surface area contributed by atoms with Crippen LogP contribution in [0.15, 0.2) is 41.2 Å². The van der Waals surface area contributed by atoms with Gasteiger partial charge < -0.3 is 10.1 Å². The monoisotopic (exact) mass is 396 g/mol. The number of nitrogens with one attached hydrogen (secondary N) is 1. The van der Waals surface area contributed by atoms with Gasteiger partial charge in [-0.1, -0.05) is 12.1 Å². The highest BCUT2D eigenvalue weighted by Gasteiger charge is 2.15. The second kappa shape index (κ2) is 7.12. The number of hydrogen-bond donors (Lipinski definition) is 1. The van der Waals surface area contributed by atoms with Crippen molar-refractivity contribution in [2.45, 2.75) is 26.9 Å². The van der Waals surface area contributed by atoms with E-state index in [9.17, 15) is 9.59 Å². The molecule has 0 bridgehead atoms. The first kappa shape index (κ1) is 18.2. The topological polar surface area (TPSA) is 77.6 Å². The van der Waals surface area contributed by atoms with Gasteiger partial charge in [-0.15, -0.1) is 11.3 Å². The molecule has 0 saturated carbocycles. The van der Waals surface area contributed by atoms with Crippen LogP contribution in [0.5, 0.6) is 5.75 Å². The van der Waals surface area contributed by atoms with Crippen LogP contribution in [0.25, 0.3) is 15.7 Å². The molecule has 0 radical (unpaired) electrons. The molecule has 1 N–H and O–H groups in total. The van der Waals surface area contributed by atoms with Crippen molar-refractivity contribution in [1.29, 1.82) is 0 Å². The quantitative estimate of drug-likeness (QED) is 0.563. The van der Waals surface area contributed by atoms with Gasteiger partial charge in [0.05, 0.1) is 17.3 Å². The van der Waals surface area contributed by atoms with E-state index in [-0.39, 0.29) is 18.0 Å². The van der Waals surface area contributed by atoms with Crippen LogP contribution in [0.2, 0.25) is 0 Å². The first-order chi connectivity index (χ1) is 13.5. The number of aromatic nitrogens is 3. The van der Waals surface area contributed by atoms with Gasteiger partial charge in [0.25, 0.3) is 5.56 Å². The molecule has 3 aromatic heterocycles. The molecular formula is C20H20N4O3S. The number of carbonyl (C=O) groups excluding carboxylic acids is 1. The molecule has 1 aromatic carbocycles. The van der Waals surface area contributed by atoms with Gasteiger partial charge in [-0.05, 0) is 43.7 Å². The zero-order chi connectivity index (χ0) is 19.8. The molecule has 7 nitrogen and oxygen atoms in total. The molecule has 0 saturated heterocycles. The number of thiophene rings is 1. The van der Waals surface area contributed by atoms with E-state index in [4.69, 9.17) is 4.74 Å². The van der Waals surface area contributed by atoms with Crippen LogP contribution in [-0.4, -0.2) is 27.2 Å². The van der Waals surface area contributed by atoms with Gasteiger partial charge in [-0.3, -0.25) is 14.0 Å². The Morgan fingerprint density at radius 3 is 2.82 bits per heavy atom. The normalized spacial score (nSPS) is 11.2. The molecular weight excluding hydrogens is 376 g/mol. The number of nitrogens with zero attached hydrogens (tertiary/aromatic N) is 3. The molecule has 8 heteroatoms. The molecule has 0 aliphatic rings. The van der Waals surface area contributed by atoms with Gasteiger partial charge in [-0.25, -0.2) is 4.68 Å². The fourth-order valence-corrected chi connectivity index (χ4v) is 4.24. The summed E-state index contributed by atoms with van der Waals surface area (Å²) in [5, 5.41) is 7.17. The Balaban J connectivity index is 1.56. The number of methoxy groups -OCH3 is 1. The van der Waals surface area contributed by atoms with E-state index in [2.05, 4.69) is 10.4 Å². The Morgan fingerprint density at radius 1 is 1.21 bits per heavy atom. The SMILES string of the molecule is COc1cccc(CNC(=O)Cn2nc(C)n3c(cc4sc(C)cc43)c2=O)c1. The summed E-state index contributed by atoms with van der Waals surface area (Å²) in [6, 6.07) is 11.4. The van der Waals surface area contributed by atoms with Crippen molar-refractivity contribution in [2.75, 3.05) is 7.11 Å². The predicted molar refractivity (Wildman–Crippen MR) is 109 cm³/mol. The van der Waals surface area contributed by atoms with Crippen LogP contribution in [0.4, 0.5) is 0 Å². The second-order valence-electron chi connectivity index (χ2n) is 6.61. The van der Waals surface area contributed by atoms with Crippen LogP contribution in [0, 0.1) is 13.8 Å². The minimum atomic E-state index is -0.275. The molecule has 3 heterocycles. The van der Waals surface area contributed by atoms with Crippen molar-refractivity contribution in [1.82, 2.24) is 19.5 Å². The van der Waals surface area contributed by atoms with Crippen molar-refractivity contribution < 1.29 is 9.53 Å². The minimum Gasteiger partial charge on any atom is -0.497 e. The van der Waals surface area contributed by atoms with Crippen molar-refractivity contribution in [2.24, 2.45) is 0 Å². The number of benzene rings is 1. The van der Waals surface area contributed by atoms with Gasteiger partial charge in [0.1, 0.15) is 23.6 Å². The van der Waals surface area contributed by atoms with E-state index in [1.165, 1.54) is 9.56 Å². The first-order valence-electron chi connectivity index (χ1n) is 8.85. The van der Waals surface area contributed by atoms with E-state index in [1.54, 1.807) is 18.4 Å². The smallest absolute Gasteiger partial charge is 0.291 e. The lowest BCUT2D eigenvalue weighted by atomic mass is 10.2. The third-order valence-corrected chi connectivity index (χ3v) is 5.56. The third kappa shape index (κ3) is 3.27. The molecule has 4 rings (SSSR count). The summed E-state index contributed by atoms with van der Waals surface area (Å²) in [6.45, 7) is 4.10. The number of rotatable bonds is 5. The zero-order valence-electron chi connectivity index (χ0n) is 15.9. The highest BCUT2D eigenvalue weighted by atomic mass is 32.1. The van der Waals surface area contributed by atoms with E-state index in [0.29, 0.717) is 17.9 Å². The molecule has 0 fully saturated rings. The first-order valence-corrected chi connectivity index (χ1v) is 9.67. The average molecular weight is 396 g/mol. The molecule has 0 aliphatic carbocycles. The summed E-state index contributed by atoms with van der Waals surface area (Å²) in [7, 11) is 1.60. The number of amides is 1. The number of carbonyl (C=O) groups is 1.